The Kier molecular flexibility index (Phi) is 3.73. The molecule has 0 unspecified atom stereocenters. The molecule has 5 nitrogen and oxygen atoms in total. The number of hydrogen-bond donors (Lipinski definition) is 1. The zero-order valence-electron chi connectivity index (χ0n) is 9.27. The van der Waals surface area contributed by atoms with Gasteiger partial charge in [-0.15, -0.1) is 0 Å². The minimum Gasteiger partial charge on any atom is -0.480 e. The van der Waals surface area contributed by atoms with Gasteiger partial charge in [-0.2, -0.15) is 0 Å². The van der Waals surface area contributed by atoms with Gasteiger partial charge in [0, 0.05) is 6.54 Å². The first kappa shape index (κ1) is 13.1. The summed E-state index contributed by atoms with van der Waals surface area (Å²) in [5.41, 5.74) is -0.00248. The molecule has 1 saturated heterocycles. The Bertz CT molecular complexity index is 507. The summed E-state index contributed by atoms with van der Waals surface area (Å²) < 4.78 is 0. The molecule has 1 aliphatic heterocycles. The monoisotopic (exact) mass is 288 g/mol. The lowest BCUT2D eigenvalue weighted by molar-refractivity contribution is -0.141. The fourth-order valence-electron chi connectivity index (χ4n) is 1.97. The van der Waals surface area contributed by atoms with Crippen LogP contribution in [0.25, 0.3) is 0 Å². The molecule has 1 N–H and O–H groups in total. The Labute approximate surface area is 113 Å². The molecule has 1 amide bonds. The molecule has 2 heterocycles. The van der Waals surface area contributed by atoms with Gasteiger partial charge in [0.1, 0.15) is 16.9 Å². The van der Waals surface area contributed by atoms with Gasteiger partial charge < -0.3 is 10.0 Å². The number of aliphatic carboxylic acids is 1. The SMILES string of the molecule is O=C(O)[C@H]1CCCN1C(=O)c1nc(Cl)ccc1Cl. The van der Waals surface area contributed by atoms with Gasteiger partial charge >= 0.3 is 5.97 Å². The summed E-state index contributed by atoms with van der Waals surface area (Å²) in [4.78, 5) is 28.3. The van der Waals surface area contributed by atoms with E-state index in [0.29, 0.717) is 19.4 Å². The third-order valence-electron chi connectivity index (χ3n) is 2.81. The van der Waals surface area contributed by atoms with E-state index in [1.54, 1.807) is 0 Å². The van der Waals surface area contributed by atoms with Crippen LogP contribution in [0.5, 0.6) is 0 Å². The van der Waals surface area contributed by atoms with Crippen LogP contribution in [0.4, 0.5) is 0 Å². The minimum absolute atomic E-state index is 0.00248. The first-order valence-electron chi connectivity index (χ1n) is 5.36. The van der Waals surface area contributed by atoms with E-state index < -0.39 is 17.9 Å². The third-order valence-corrected chi connectivity index (χ3v) is 3.33. The average Bonchev–Trinajstić information content (AvgIpc) is 2.80. The molecule has 2 rings (SSSR count). The van der Waals surface area contributed by atoms with Gasteiger partial charge in [0.25, 0.3) is 5.91 Å². The Hall–Kier alpha value is -1.33. The van der Waals surface area contributed by atoms with Crippen LogP contribution in [0.15, 0.2) is 12.1 Å². The average molecular weight is 289 g/mol. The van der Waals surface area contributed by atoms with Crippen molar-refractivity contribution in [1.82, 2.24) is 9.88 Å². The molecule has 0 spiro atoms. The van der Waals surface area contributed by atoms with E-state index in [4.69, 9.17) is 28.3 Å². The molecule has 1 atom stereocenters. The second-order valence-electron chi connectivity index (χ2n) is 3.96. The molecule has 1 aromatic heterocycles. The Morgan fingerprint density at radius 2 is 2.11 bits per heavy atom. The topological polar surface area (TPSA) is 70.5 Å². The molecule has 0 radical (unpaired) electrons. The standard InChI is InChI=1S/C11H10Cl2N2O3/c12-6-3-4-8(13)14-9(6)10(16)15-5-1-2-7(15)11(17)18/h3-4,7H,1-2,5H2,(H,17,18)/t7-/m1/s1. The molecule has 18 heavy (non-hydrogen) atoms. The summed E-state index contributed by atoms with van der Waals surface area (Å²) in [5, 5.41) is 9.34. The summed E-state index contributed by atoms with van der Waals surface area (Å²) in [6, 6.07) is 2.13. The second-order valence-corrected chi connectivity index (χ2v) is 4.75. The van der Waals surface area contributed by atoms with Crippen LogP contribution < -0.4 is 0 Å². The lowest BCUT2D eigenvalue weighted by atomic mass is 10.2. The summed E-state index contributed by atoms with van der Waals surface area (Å²) >= 11 is 11.6. The van der Waals surface area contributed by atoms with Crippen molar-refractivity contribution in [2.75, 3.05) is 6.54 Å². The van der Waals surface area contributed by atoms with E-state index in [-0.39, 0.29) is 15.9 Å². The fourth-order valence-corrected chi connectivity index (χ4v) is 2.30. The van der Waals surface area contributed by atoms with Crippen LogP contribution in [0, 0.1) is 0 Å². The maximum Gasteiger partial charge on any atom is 0.326 e. The number of nitrogens with zero attached hydrogens (tertiary/aromatic N) is 2. The third kappa shape index (κ3) is 2.42. The maximum absolute atomic E-state index is 12.2. The largest absolute Gasteiger partial charge is 0.480 e. The zero-order valence-corrected chi connectivity index (χ0v) is 10.8. The van der Waals surface area contributed by atoms with Crippen molar-refractivity contribution in [2.45, 2.75) is 18.9 Å². The number of carboxylic acid groups (broad SMARTS) is 1. The summed E-state index contributed by atoms with van der Waals surface area (Å²) in [6.07, 6.45) is 1.10. The molecule has 0 aromatic carbocycles. The summed E-state index contributed by atoms with van der Waals surface area (Å²) in [6.45, 7) is 0.389. The van der Waals surface area contributed by atoms with Gasteiger partial charge in [-0.3, -0.25) is 4.79 Å². The minimum atomic E-state index is -1.01. The van der Waals surface area contributed by atoms with Crippen LogP contribution >= 0.6 is 23.2 Å². The Balaban J connectivity index is 2.31. The van der Waals surface area contributed by atoms with Gasteiger partial charge in [0.15, 0.2) is 0 Å². The molecule has 1 aliphatic rings. The number of likely N-dealkylation sites (tertiary alicyclic amines) is 1. The van der Waals surface area contributed by atoms with E-state index in [1.165, 1.54) is 17.0 Å². The number of amides is 1. The number of aromatic nitrogens is 1. The quantitative estimate of drug-likeness (QED) is 0.846. The molecule has 7 heteroatoms. The van der Waals surface area contributed by atoms with E-state index in [2.05, 4.69) is 4.98 Å². The molecule has 1 fully saturated rings. The lowest BCUT2D eigenvalue weighted by Gasteiger charge is -2.21. The molecule has 0 aliphatic carbocycles. The maximum atomic E-state index is 12.2. The Morgan fingerprint density at radius 3 is 2.78 bits per heavy atom. The zero-order chi connectivity index (χ0) is 13.3. The molecular weight excluding hydrogens is 279 g/mol. The van der Waals surface area contributed by atoms with E-state index in [9.17, 15) is 9.59 Å². The van der Waals surface area contributed by atoms with Crippen molar-refractivity contribution in [3.05, 3.63) is 28.0 Å². The van der Waals surface area contributed by atoms with Gasteiger partial charge in [-0.25, -0.2) is 9.78 Å². The summed E-state index contributed by atoms with van der Waals surface area (Å²) in [5.74, 6) is -1.51. The number of pyridine rings is 1. The van der Waals surface area contributed by atoms with Crippen LogP contribution in [0.3, 0.4) is 0 Å². The second kappa shape index (κ2) is 5.12. The number of carbonyl (C=O) groups is 2. The van der Waals surface area contributed by atoms with Crippen molar-refractivity contribution in [3.63, 3.8) is 0 Å². The van der Waals surface area contributed by atoms with Gasteiger partial charge in [-0.05, 0) is 25.0 Å². The first-order chi connectivity index (χ1) is 8.50. The van der Waals surface area contributed by atoms with Crippen LogP contribution in [-0.2, 0) is 4.79 Å². The normalized spacial score (nSPS) is 19.0. The predicted octanol–water partition coefficient (Wildman–Crippen LogP) is 2.08. The summed E-state index contributed by atoms with van der Waals surface area (Å²) in [7, 11) is 0. The van der Waals surface area contributed by atoms with E-state index in [0.717, 1.165) is 0 Å². The van der Waals surface area contributed by atoms with Crippen molar-refractivity contribution < 1.29 is 14.7 Å². The highest BCUT2D eigenvalue weighted by atomic mass is 35.5. The lowest BCUT2D eigenvalue weighted by Crippen LogP contribution is -2.40. The highest BCUT2D eigenvalue weighted by molar-refractivity contribution is 6.34. The first-order valence-corrected chi connectivity index (χ1v) is 6.12. The van der Waals surface area contributed by atoms with Crippen molar-refractivity contribution in [3.8, 4) is 0 Å². The molecule has 96 valence electrons. The highest BCUT2D eigenvalue weighted by Crippen LogP contribution is 2.24. The van der Waals surface area contributed by atoms with Crippen molar-refractivity contribution in [2.24, 2.45) is 0 Å². The predicted molar refractivity (Wildman–Crippen MR) is 66.0 cm³/mol. The van der Waals surface area contributed by atoms with Crippen LogP contribution in [0.2, 0.25) is 10.2 Å². The van der Waals surface area contributed by atoms with E-state index in [1.807, 2.05) is 0 Å². The number of carboxylic acids is 1. The van der Waals surface area contributed by atoms with Gasteiger partial charge in [0.05, 0.1) is 5.02 Å². The van der Waals surface area contributed by atoms with Crippen LogP contribution in [0.1, 0.15) is 23.3 Å². The Morgan fingerprint density at radius 1 is 1.39 bits per heavy atom. The highest BCUT2D eigenvalue weighted by Gasteiger charge is 2.35. The fraction of sp³-hybridized carbons (Fsp3) is 0.364. The molecular formula is C11H10Cl2N2O3. The smallest absolute Gasteiger partial charge is 0.326 e. The van der Waals surface area contributed by atoms with E-state index >= 15 is 0 Å². The number of hydrogen-bond acceptors (Lipinski definition) is 3. The van der Waals surface area contributed by atoms with Gasteiger partial charge in [-0.1, -0.05) is 23.2 Å². The number of carbonyl (C=O) groups excluding carboxylic acids is 1. The van der Waals surface area contributed by atoms with Crippen molar-refractivity contribution >= 4 is 35.1 Å². The molecule has 0 saturated carbocycles. The molecule has 0 bridgehead atoms. The van der Waals surface area contributed by atoms with Crippen molar-refractivity contribution in [1.29, 1.82) is 0 Å². The van der Waals surface area contributed by atoms with Crippen LogP contribution in [-0.4, -0.2) is 39.5 Å². The number of rotatable bonds is 2. The number of halogens is 2. The van der Waals surface area contributed by atoms with Gasteiger partial charge in [0.2, 0.25) is 0 Å². The molecule has 1 aromatic rings.